The summed E-state index contributed by atoms with van der Waals surface area (Å²) in [7, 11) is 0. The van der Waals surface area contributed by atoms with Gasteiger partial charge in [0.25, 0.3) is 0 Å². The van der Waals surface area contributed by atoms with Gasteiger partial charge in [-0.05, 0) is 37.7 Å². The van der Waals surface area contributed by atoms with Crippen molar-refractivity contribution in [1.29, 1.82) is 0 Å². The quantitative estimate of drug-likeness (QED) is 0.770. The normalized spacial score (nSPS) is 18.3. The predicted molar refractivity (Wildman–Crippen MR) is 106 cm³/mol. The number of ether oxygens (including phenoxy) is 1. The lowest BCUT2D eigenvalue weighted by Gasteiger charge is -2.28. The summed E-state index contributed by atoms with van der Waals surface area (Å²) in [5.41, 5.74) is 3.74. The van der Waals surface area contributed by atoms with E-state index in [9.17, 15) is 0 Å². The fourth-order valence-corrected chi connectivity index (χ4v) is 4.08. The summed E-state index contributed by atoms with van der Waals surface area (Å²) in [6.45, 7) is 5.04. The van der Waals surface area contributed by atoms with Crippen LogP contribution in [-0.2, 0) is 25.9 Å². The van der Waals surface area contributed by atoms with Crippen LogP contribution in [0.2, 0.25) is 0 Å². The molecule has 4 rings (SSSR count). The summed E-state index contributed by atoms with van der Waals surface area (Å²) in [4.78, 5) is 16.3. The highest BCUT2D eigenvalue weighted by molar-refractivity contribution is 5.22. The van der Waals surface area contributed by atoms with Gasteiger partial charge in [-0.1, -0.05) is 19.4 Å². The molecule has 144 valence electrons. The Morgan fingerprint density at radius 3 is 2.78 bits per heavy atom. The van der Waals surface area contributed by atoms with E-state index in [0.717, 1.165) is 50.6 Å². The summed E-state index contributed by atoms with van der Waals surface area (Å²) in [6.07, 6.45) is 13.7. The van der Waals surface area contributed by atoms with E-state index in [1.165, 1.54) is 48.9 Å². The van der Waals surface area contributed by atoms with E-state index in [0.29, 0.717) is 6.10 Å². The highest BCUT2D eigenvalue weighted by Crippen LogP contribution is 2.23. The van der Waals surface area contributed by atoms with Crippen molar-refractivity contribution in [3.05, 3.63) is 47.2 Å². The number of pyridine rings is 1. The molecule has 0 aromatic carbocycles. The zero-order chi connectivity index (χ0) is 18.5. The van der Waals surface area contributed by atoms with Crippen molar-refractivity contribution >= 4 is 0 Å². The fraction of sp³-hybridized carbons (Fsp3) is 0.591. The zero-order valence-corrected chi connectivity index (χ0v) is 16.4. The maximum absolute atomic E-state index is 6.04. The van der Waals surface area contributed by atoms with Gasteiger partial charge in [-0.25, -0.2) is 15.0 Å². The molecule has 2 aromatic rings. The van der Waals surface area contributed by atoms with E-state index >= 15 is 0 Å². The van der Waals surface area contributed by atoms with Crippen molar-refractivity contribution in [2.45, 2.75) is 77.5 Å². The monoisotopic (exact) mass is 366 g/mol. The summed E-state index contributed by atoms with van der Waals surface area (Å²) in [6, 6.07) is 4.18. The van der Waals surface area contributed by atoms with Crippen molar-refractivity contribution in [2.24, 2.45) is 0 Å². The molecule has 5 heteroatoms. The lowest BCUT2D eigenvalue weighted by Crippen LogP contribution is -2.31. The van der Waals surface area contributed by atoms with Crippen LogP contribution in [0.1, 0.15) is 68.1 Å². The molecule has 5 nitrogen and oxygen atoms in total. The Bertz CT molecular complexity index is 740. The van der Waals surface area contributed by atoms with Gasteiger partial charge in [0.2, 0.25) is 5.88 Å². The maximum atomic E-state index is 6.04. The van der Waals surface area contributed by atoms with Gasteiger partial charge < -0.3 is 4.74 Å². The Hall–Kier alpha value is -2.01. The molecular weight excluding hydrogens is 336 g/mol. The average molecular weight is 367 g/mol. The summed E-state index contributed by atoms with van der Waals surface area (Å²) < 4.78 is 6.04. The molecule has 0 N–H and O–H groups in total. The summed E-state index contributed by atoms with van der Waals surface area (Å²) in [5, 5.41) is 0. The van der Waals surface area contributed by atoms with Crippen molar-refractivity contribution in [2.75, 3.05) is 6.54 Å². The zero-order valence-electron chi connectivity index (χ0n) is 16.4. The van der Waals surface area contributed by atoms with E-state index in [1.807, 2.05) is 18.5 Å². The minimum absolute atomic E-state index is 0.355. The number of hydrogen-bond donors (Lipinski definition) is 0. The number of nitrogens with zero attached hydrogens (tertiary/aromatic N) is 4. The molecule has 0 saturated heterocycles. The van der Waals surface area contributed by atoms with Crippen LogP contribution in [-0.4, -0.2) is 32.5 Å². The highest BCUT2D eigenvalue weighted by Gasteiger charge is 2.19. The number of rotatable bonds is 6. The van der Waals surface area contributed by atoms with Crippen molar-refractivity contribution in [3.8, 4) is 5.88 Å². The molecule has 1 fully saturated rings. The van der Waals surface area contributed by atoms with Crippen LogP contribution in [0.4, 0.5) is 0 Å². The largest absolute Gasteiger partial charge is 0.474 e. The van der Waals surface area contributed by atoms with Crippen LogP contribution in [0, 0.1) is 0 Å². The molecule has 0 radical (unpaired) electrons. The molecule has 1 saturated carbocycles. The van der Waals surface area contributed by atoms with Crippen LogP contribution in [0.25, 0.3) is 0 Å². The van der Waals surface area contributed by atoms with Gasteiger partial charge in [0.15, 0.2) is 0 Å². The lowest BCUT2D eigenvalue weighted by atomic mass is 9.98. The van der Waals surface area contributed by atoms with Gasteiger partial charge in [-0.3, -0.25) is 4.90 Å². The first kappa shape index (κ1) is 18.4. The standard InChI is InChI=1S/C22H30N4O/c1-2-6-21-23-14-18-16-26(12-11-20(18)25-21)15-17-9-10-22(24-13-17)27-19-7-4-3-5-8-19/h9-10,13-14,19H,2-8,11-12,15-16H2,1H3. The maximum Gasteiger partial charge on any atom is 0.213 e. The van der Waals surface area contributed by atoms with Gasteiger partial charge >= 0.3 is 0 Å². The van der Waals surface area contributed by atoms with Crippen LogP contribution < -0.4 is 4.74 Å². The van der Waals surface area contributed by atoms with E-state index < -0.39 is 0 Å². The van der Waals surface area contributed by atoms with Crippen LogP contribution in [0.3, 0.4) is 0 Å². The molecule has 3 heterocycles. The van der Waals surface area contributed by atoms with Crippen LogP contribution in [0.15, 0.2) is 24.5 Å². The Morgan fingerprint density at radius 2 is 2.00 bits per heavy atom. The smallest absolute Gasteiger partial charge is 0.213 e. The van der Waals surface area contributed by atoms with Crippen molar-refractivity contribution in [3.63, 3.8) is 0 Å². The van der Waals surface area contributed by atoms with Gasteiger partial charge in [-0.2, -0.15) is 0 Å². The second kappa shape index (κ2) is 8.79. The second-order valence-electron chi connectivity index (χ2n) is 7.85. The highest BCUT2D eigenvalue weighted by atomic mass is 16.5. The first-order valence-electron chi connectivity index (χ1n) is 10.5. The van der Waals surface area contributed by atoms with E-state index in [4.69, 9.17) is 9.72 Å². The molecule has 2 aromatic heterocycles. The molecule has 2 aliphatic rings. The van der Waals surface area contributed by atoms with Crippen LogP contribution >= 0.6 is 0 Å². The third kappa shape index (κ3) is 4.83. The Morgan fingerprint density at radius 1 is 1.11 bits per heavy atom. The van der Waals surface area contributed by atoms with Crippen molar-refractivity contribution in [1.82, 2.24) is 19.9 Å². The Balaban J connectivity index is 1.33. The molecule has 0 unspecified atom stereocenters. The molecule has 27 heavy (non-hydrogen) atoms. The third-order valence-corrected chi connectivity index (χ3v) is 5.58. The Labute approximate surface area is 162 Å². The molecule has 0 bridgehead atoms. The molecule has 1 aliphatic heterocycles. The van der Waals surface area contributed by atoms with E-state index in [2.05, 4.69) is 27.9 Å². The first-order valence-corrected chi connectivity index (χ1v) is 10.5. The van der Waals surface area contributed by atoms with E-state index in [-0.39, 0.29) is 0 Å². The number of fused-ring (bicyclic) bond motifs is 1. The number of aryl methyl sites for hydroxylation is 1. The first-order chi connectivity index (χ1) is 13.3. The van der Waals surface area contributed by atoms with Gasteiger partial charge in [0.05, 0.1) is 0 Å². The van der Waals surface area contributed by atoms with Crippen LogP contribution in [0.5, 0.6) is 5.88 Å². The minimum Gasteiger partial charge on any atom is -0.474 e. The lowest BCUT2D eigenvalue weighted by molar-refractivity contribution is 0.148. The molecular formula is C22H30N4O. The van der Waals surface area contributed by atoms with E-state index in [1.54, 1.807) is 0 Å². The number of hydrogen-bond acceptors (Lipinski definition) is 5. The topological polar surface area (TPSA) is 51.1 Å². The molecule has 0 atom stereocenters. The average Bonchev–Trinajstić information content (AvgIpc) is 2.71. The molecule has 0 spiro atoms. The third-order valence-electron chi connectivity index (χ3n) is 5.58. The SMILES string of the molecule is CCCc1ncc2c(n1)CCN(Cc1ccc(OC3CCCCC3)nc1)C2. The molecule has 0 amide bonds. The van der Waals surface area contributed by atoms with Gasteiger partial charge in [-0.15, -0.1) is 0 Å². The Kier molecular flexibility index (Phi) is 5.97. The predicted octanol–water partition coefficient (Wildman–Crippen LogP) is 4.09. The summed E-state index contributed by atoms with van der Waals surface area (Å²) in [5.74, 6) is 1.76. The molecule has 1 aliphatic carbocycles. The minimum atomic E-state index is 0.355. The fourth-order valence-electron chi connectivity index (χ4n) is 4.08. The van der Waals surface area contributed by atoms with Gasteiger partial charge in [0, 0.05) is 62.2 Å². The van der Waals surface area contributed by atoms with Crippen molar-refractivity contribution < 1.29 is 4.74 Å². The summed E-state index contributed by atoms with van der Waals surface area (Å²) >= 11 is 0. The second-order valence-corrected chi connectivity index (χ2v) is 7.85. The van der Waals surface area contributed by atoms with Gasteiger partial charge in [0.1, 0.15) is 11.9 Å². The number of aromatic nitrogens is 3.